The third-order valence-corrected chi connectivity index (χ3v) is 5.62. The highest BCUT2D eigenvalue weighted by Crippen LogP contribution is 2.40. The Hall–Kier alpha value is -1.07. The standard InChI is InChI=1S/C17H27ClN4O/c1-3-4-6-14-19-13(15(18)20-14)11-22-10-8-17(12-22)7-5-9-21(2)16(17)23/h3-12H2,1-2H3,(H,19,20)/t17-/m0/s1. The van der Waals surface area contributed by atoms with Crippen LogP contribution in [0.25, 0.3) is 0 Å². The molecule has 0 aliphatic carbocycles. The molecule has 1 aromatic heterocycles. The van der Waals surface area contributed by atoms with Gasteiger partial charge in [-0.05, 0) is 32.2 Å². The Balaban J connectivity index is 1.64. The maximum Gasteiger partial charge on any atom is 0.229 e. The van der Waals surface area contributed by atoms with Gasteiger partial charge in [0.05, 0.1) is 11.1 Å². The van der Waals surface area contributed by atoms with Crippen LogP contribution in [0.3, 0.4) is 0 Å². The number of imidazole rings is 1. The van der Waals surface area contributed by atoms with E-state index < -0.39 is 0 Å². The molecule has 6 heteroatoms. The monoisotopic (exact) mass is 338 g/mol. The van der Waals surface area contributed by atoms with Crippen molar-refractivity contribution in [2.24, 2.45) is 5.41 Å². The Bertz CT molecular complexity index is 573. The Kier molecular flexibility index (Phi) is 4.97. The number of piperidine rings is 1. The van der Waals surface area contributed by atoms with E-state index in [2.05, 4.69) is 21.8 Å². The second-order valence-electron chi connectivity index (χ2n) is 7.13. The molecule has 5 nitrogen and oxygen atoms in total. The van der Waals surface area contributed by atoms with E-state index in [1.807, 2.05) is 11.9 Å². The Morgan fingerprint density at radius 1 is 1.35 bits per heavy atom. The van der Waals surface area contributed by atoms with Crippen molar-refractivity contribution in [3.63, 3.8) is 0 Å². The van der Waals surface area contributed by atoms with E-state index in [1.165, 1.54) is 0 Å². The predicted molar refractivity (Wildman–Crippen MR) is 91.4 cm³/mol. The van der Waals surface area contributed by atoms with Crippen LogP contribution >= 0.6 is 11.6 Å². The van der Waals surface area contributed by atoms with Crippen molar-refractivity contribution in [1.29, 1.82) is 0 Å². The van der Waals surface area contributed by atoms with Gasteiger partial charge in [-0.2, -0.15) is 0 Å². The fourth-order valence-electron chi connectivity index (χ4n) is 3.97. The lowest BCUT2D eigenvalue weighted by molar-refractivity contribution is -0.143. The molecule has 1 N–H and O–H groups in total. The first-order valence-electron chi connectivity index (χ1n) is 8.75. The zero-order chi connectivity index (χ0) is 16.4. The number of amides is 1. The molecule has 2 aliphatic heterocycles. The van der Waals surface area contributed by atoms with Gasteiger partial charge in [-0.15, -0.1) is 0 Å². The summed E-state index contributed by atoms with van der Waals surface area (Å²) >= 11 is 6.29. The fourth-order valence-corrected chi connectivity index (χ4v) is 4.18. The number of hydrogen-bond donors (Lipinski definition) is 1. The van der Waals surface area contributed by atoms with Gasteiger partial charge in [-0.25, -0.2) is 4.98 Å². The third kappa shape index (κ3) is 3.41. The van der Waals surface area contributed by atoms with Gasteiger partial charge in [0, 0.05) is 33.1 Å². The van der Waals surface area contributed by atoms with E-state index in [4.69, 9.17) is 11.6 Å². The number of carbonyl (C=O) groups excluding carboxylic acids is 1. The molecule has 1 amide bonds. The third-order valence-electron chi connectivity index (χ3n) is 5.31. The van der Waals surface area contributed by atoms with Crippen LogP contribution in [0.2, 0.25) is 5.15 Å². The van der Waals surface area contributed by atoms with Crippen LogP contribution < -0.4 is 0 Å². The zero-order valence-corrected chi connectivity index (χ0v) is 15.0. The average Bonchev–Trinajstić information content (AvgIpc) is 3.08. The molecule has 1 atom stereocenters. The van der Waals surface area contributed by atoms with Crippen LogP contribution in [-0.2, 0) is 17.8 Å². The highest BCUT2D eigenvalue weighted by Gasteiger charge is 2.47. The molecular formula is C17H27ClN4O. The number of nitrogens with zero attached hydrogens (tertiary/aromatic N) is 3. The van der Waals surface area contributed by atoms with Crippen LogP contribution in [-0.4, -0.2) is 52.4 Å². The molecule has 0 radical (unpaired) electrons. The lowest BCUT2D eigenvalue weighted by atomic mass is 9.78. The van der Waals surface area contributed by atoms with Crippen LogP contribution in [0.5, 0.6) is 0 Å². The summed E-state index contributed by atoms with van der Waals surface area (Å²) in [6.07, 6.45) is 6.32. The number of likely N-dealkylation sites (tertiary alicyclic amines) is 2. The molecule has 0 unspecified atom stereocenters. The van der Waals surface area contributed by atoms with Crippen molar-refractivity contribution in [2.45, 2.75) is 52.0 Å². The Labute approximate surface area is 143 Å². The molecule has 0 saturated carbocycles. The fraction of sp³-hybridized carbons (Fsp3) is 0.765. The van der Waals surface area contributed by atoms with Crippen molar-refractivity contribution in [3.8, 4) is 0 Å². The summed E-state index contributed by atoms with van der Waals surface area (Å²) in [4.78, 5) is 24.6. The van der Waals surface area contributed by atoms with Crippen LogP contribution in [0.15, 0.2) is 0 Å². The molecule has 1 spiro atoms. The number of aryl methyl sites for hydroxylation is 1. The highest BCUT2D eigenvalue weighted by atomic mass is 35.5. The maximum absolute atomic E-state index is 12.6. The maximum atomic E-state index is 12.6. The molecule has 3 heterocycles. The van der Waals surface area contributed by atoms with E-state index in [-0.39, 0.29) is 5.41 Å². The summed E-state index contributed by atoms with van der Waals surface area (Å²) in [7, 11) is 1.93. The molecule has 128 valence electrons. The first-order valence-corrected chi connectivity index (χ1v) is 9.13. The molecular weight excluding hydrogens is 312 g/mol. The van der Waals surface area contributed by atoms with Crippen LogP contribution in [0, 0.1) is 5.41 Å². The number of nitrogens with one attached hydrogen (secondary N) is 1. The van der Waals surface area contributed by atoms with E-state index in [0.717, 1.165) is 76.2 Å². The van der Waals surface area contributed by atoms with E-state index in [9.17, 15) is 4.79 Å². The summed E-state index contributed by atoms with van der Waals surface area (Å²) in [5, 5.41) is 0.587. The number of unbranched alkanes of at least 4 members (excludes halogenated alkanes) is 1. The summed E-state index contributed by atoms with van der Waals surface area (Å²) in [5.74, 6) is 1.31. The number of hydrogen-bond acceptors (Lipinski definition) is 3. The van der Waals surface area contributed by atoms with Crippen molar-refractivity contribution >= 4 is 17.5 Å². The van der Waals surface area contributed by atoms with Crippen molar-refractivity contribution in [3.05, 3.63) is 16.7 Å². The van der Waals surface area contributed by atoms with Gasteiger partial charge in [0.2, 0.25) is 5.91 Å². The second kappa shape index (κ2) is 6.81. The zero-order valence-electron chi connectivity index (χ0n) is 14.2. The Morgan fingerprint density at radius 2 is 2.17 bits per heavy atom. The van der Waals surface area contributed by atoms with Crippen molar-refractivity contribution < 1.29 is 4.79 Å². The first-order chi connectivity index (χ1) is 11.0. The smallest absolute Gasteiger partial charge is 0.229 e. The van der Waals surface area contributed by atoms with Gasteiger partial charge in [0.25, 0.3) is 0 Å². The van der Waals surface area contributed by atoms with E-state index in [1.54, 1.807) is 0 Å². The molecule has 0 bridgehead atoms. The molecule has 3 rings (SSSR count). The largest absolute Gasteiger partial charge is 0.345 e. The van der Waals surface area contributed by atoms with Gasteiger partial charge < -0.3 is 9.88 Å². The molecule has 2 fully saturated rings. The van der Waals surface area contributed by atoms with E-state index in [0.29, 0.717) is 11.1 Å². The van der Waals surface area contributed by atoms with Crippen molar-refractivity contribution in [1.82, 2.24) is 19.8 Å². The van der Waals surface area contributed by atoms with Gasteiger partial charge in [0.1, 0.15) is 5.82 Å². The number of rotatable bonds is 5. The predicted octanol–water partition coefficient (Wildman–Crippen LogP) is 2.85. The summed E-state index contributed by atoms with van der Waals surface area (Å²) in [6.45, 7) is 5.63. The molecule has 2 saturated heterocycles. The normalized spacial score (nSPS) is 25.7. The van der Waals surface area contributed by atoms with Gasteiger partial charge in [0.15, 0.2) is 5.15 Å². The number of aromatic amines is 1. The lowest BCUT2D eigenvalue weighted by Crippen LogP contribution is -2.48. The average molecular weight is 339 g/mol. The quantitative estimate of drug-likeness (QED) is 0.898. The minimum absolute atomic E-state index is 0.162. The first kappa shape index (κ1) is 16.8. The molecule has 0 aromatic carbocycles. The van der Waals surface area contributed by atoms with Gasteiger partial charge >= 0.3 is 0 Å². The minimum atomic E-state index is -0.162. The summed E-state index contributed by atoms with van der Waals surface area (Å²) in [5.41, 5.74) is 0.830. The lowest BCUT2D eigenvalue weighted by Gasteiger charge is -2.37. The van der Waals surface area contributed by atoms with Crippen LogP contribution in [0.1, 0.15) is 50.5 Å². The van der Waals surface area contributed by atoms with Crippen molar-refractivity contribution in [2.75, 3.05) is 26.7 Å². The van der Waals surface area contributed by atoms with Crippen LogP contribution in [0.4, 0.5) is 0 Å². The number of aromatic nitrogens is 2. The molecule has 1 aromatic rings. The number of carbonyl (C=O) groups is 1. The number of halogens is 1. The second-order valence-corrected chi connectivity index (χ2v) is 7.49. The van der Waals surface area contributed by atoms with Gasteiger partial charge in [-0.3, -0.25) is 9.69 Å². The highest BCUT2D eigenvalue weighted by molar-refractivity contribution is 6.30. The molecule has 23 heavy (non-hydrogen) atoms. The minimum Gasteiger partial charge on any atom is -0.345 e. The van der Waals surface area contributed by atoms with Gasteiger partial charge in [-0.1, -0.05) is 24.9 Å². The molecule has 2 aliphatic rings. The summed E-state index contributed by atoms with van der Waals surface area (Å²) in [6, 6.07) is 0. The summed E-state index contributed by atoms with van der Waals surface area (Å²) < 4.78 is 0. The Morgan fingerprint density at radius 3 is 2.96 bits per heavy atom. The SMILES string of the molecule is CCCCc1nc(Cl)c(CN2CC[C@@]3(CCCN(C)C3=O)C2)[nH]1. The number of H-pyrrole nitrogens is 1. The van der Waals surface area contributed by atoms with E-state index >= 15 is 0 Å². The topological polar surface area (TPSA) is 52.2 Å².